The smallest absolute Gasteiger partial charge is 0.197 e. The van der Waals surface area contributed by atoms with Crippen molar-refractivity contribution in [1.29, 1.82) is 0 Å². The zero-order valence-corrected chi connectivity index (χ0v) is 11.8. The summed E-state index contributed by atoms with van der Waals surface area (Å²) >= 11 is 0. The SMILES string of the molecule is O=c1cc(-c2ccccc2)oc2cccc(OCC3CO3)c12. The largest absolute Gasteiger partial charge is 0.490 e. The maximum absolute atomic E-state index is 12.5. The van der Waals surface area contributed by atoms with Gasteiger partial charge in [-0.15, -0.1) is 0 Å². The van der Waals surface area contributed by atoms with Crippen LogP contribution in [0.15, 0.2) is 63.8 Å². The van der Waals surface area contributed by atoms with Crippen LogP contribution in [-0.2, 0) is 4.74 Å². The second-order valence-electron chi connectivity index (χ2n) is 5.24. The van der Waals surface area contributed by atoms with Gasteiger partial charge in [-0.05, 0) is 12.1 Å². The summed E-state index contributed by atoms with van der Waals surface area (Å²) in [5.41, 5.74) is 1.30. The van der Waals surface area contributed by atoms with Crippen LogP contribution in [-0.4, -0.2) is 19.3 Å². The molecule has 22 heavy (non-hydrogen) atoms. The number of hydrogen-bond acceptors (Lipinski definition) is 4. The van der Waals surface area contributed by atoms with Gasteiger partial charge in [0.2, 0.25) is 0 Å². The fourth-order valence-corrected chi connectivity index (χ4v) is 2.39. The van der Waals surface area contributed by atoms with Gasteiger partial charge in [-0.2, -0.15) is 0 Å². The van der Waals surface area contributed by atoms with Gasteiger partial charge >= 0.3 is 0 Å². The van der Waals surface area contributed by atoms with Crippen LogP contribution in [0.25, 0.3) is 22.3 Å². The van der Waals surface area contributed by atoms with Crippen LogP contribution in [0.4, 0.5) is 0 Å². The van der Waals surface area contributed by atoms with Crippen LogP contribution in [0.5, 0.6) is 5.75 Å². The van der Waals surface area contributed by atoms with Crippen molar-refractivity contribution >= 4 is 11.0 Å². The van der Waals surface area contributed by atoms with Crippen LogP contribution < -0.4 is 10.2 Å². The Morgan fingerprint density at radius 1 is 1.09 bits per heavy atom. The van der Waals surface area contributed by atoms with Crippen molar-refractivity contribution in [3.63, 3.8) is 0 Å². The molecular weight excluding hydrogens is 280 g/mol. The number of rotatable bonds is 4. The first-order valence-electron chi connectivity index (χ1n) is 7.18. The first-order valence-corrected chi connectivity index (χ1v) is 7.18. The van der Waals surface area contributed by atoms with Gasteiger partial charge in [0, 0.05) is 11.6 Å². The van der Waals surface area contributed by atoms with Gasteiger partial charge in [0.15, 0.2) is 5.43 Å². The first-order chi connectivity index (χ1) is 10.8. The minimum atomic E-state index is -0.104. The highest BCUT2D eigenvalue weighted by atomic mass is 16.6. The minimum Gasteiger partial charge on any atom is -0.490 e. The second-order valence-corrected chi connectivity index (χ2v) is 5.24. The lowest BCUT2D eigenvalue weighted by molar-refractivity contribution is 0.265. The van der Waals surface area contributed by atoms with Crippen LogP contribution >= 0.6 is 0 Å². The molecule has 1 saturated heterocycles. The van der Waals surface area contributed by atoms with Crippen molar-refractivity contribution in [2.75, 3.05) is 13.2 Å². The molecule has 0 spiro atoms. The van der Waals surface area contributed by atoms with Crippen molar-refractivity contribution < 1.29 is 13.9 Å². The number of fused-ring (bicyclic) bond motifs is 1. The third kappa shape index (κ3) is 2.49. The molecule has 2 heterocycles. The number of ether oxygens (including phenoxy) is 2. The molecule has 1 aliphatic rings. The number of hydrogen-bond donors (Lipinski definition) is 0. The predicted octanol–water partition coefficient (Wildman–Crippen LogP) is 3.24. The fraction of sp³-hybridized carbons (Fsp3) is 0.167. The molecule has 0 saturated carbocycles. The Morgan fingerprint density at radius 2 is 1.91 bits per heavy atom. The van der Waals surface area contributed by atoms with Crippen molar-refractivity contribution in [3.05, 3.63) is 64.8 Å². The molecule has 0 aliphatic carbocycles. The third-order valence-corrected chi connectivity index (χ3v) is 3.60. The van der Waals surface area contributed by atoms with E-state index in [0.717, 1.165) is 12.2 Å². The van der Waals surface area contributed by atoms with Gasteiger partial charge < -0.3 is 13.9 Å². The van der Waals surface area contributed by atoms with Crippen LogP contribution in [0.1, 0.15) is 0 Å². The van der Waals surface area contributed by atoms with E-state index in [4.69, 9.17) is 13.9 Å². The Balaban J connectivity index is 1.80. The summed E-state index contributed by atoms with van der Waals surface area (Å²) in [6, 6.07) is 16.5. The fourth-order valence-electron chi connectivity index (χ4n) is 2.39. The molecular formula is C18H14O4. The van der Waals surface area contributed by atoms with Crippen LogP contribution in [0, 0.1) is 0 Å². The van der Waals surface area contributed by atoms with Crippen molar-refractivity contribution in [3.8, 4) is 17.1 Å². The van der Waals surface area contributed by atoms with Crippen molar-refractivity contribution in [2.24, 2.45) is 0 Å². The molecule has 0 amide bonds. The molecule has 4 rings (SSSR count). The van der Waals surface area contributed by atoms with E-state index in [1.807, 2.05) is 36.4 Å². The Labute approximate surface area is 126 Å². The van der Waals surface area contributed by atoms with E-state index in [2.05, 4.69) is 0 Å². The maximum atomic E-state index is 12.5. The van der Waals surface area contributed by atoms with Crippen LogP contribution in [0.2, 0.25) is 0 Å². The molecule has 1 fully saturated rings. The molecule has 4 heteroatoms. The summed E-state index contributed by atoms with van der Waals surface area (Å²) in [7, 11) is 0. The zero-order valence-electron chi connectivity index (χ0n) is 11.8. The first kappa shape index (κ1) is 13.1. The van der Waals surface area contributed by atoms with E-state index in [-0.39, 0.29) is 11.5 Å². The molecule has 1 atom stereocenters. The van der Waals surface area contributed by atoms with Gasteiger partial charge in [0.1, 0.15) is 35.2 Å². The normalized spacial score (nSPS) is 16.6. The Hall–Kier alpha value is -2.59. The monoisotopic (exact) mass is 294 g/mol. The lowest BCUT2D eigenvalue weighted by Crippen LogP contribution is -2.08. The molecule has 2 aromatic carbocycles. The summed E-state index contributed by atoms with van der Waals surface area (Å²) in [6.45, 7) is 1.18. The van der Waals surface area contributed by atoms with Crippen molar-refractivity contribution in [2.45, 2.75) is 6.10 Å². The van der Waals surface area contributed by atoms with E-state index >= 15 is 0 Å². The summed E-state index contributed by atoms with van der Waals surface area (Å²) in [5, 5.41) is 0.475. The van der Waals surface area contributed by atoms with Crippen molar-refractivity contribution in [1.82, 2.24) is 0 Å². The van der Waals surface area contributed by atoms with Gasteiger partial charge in [0.25, 0.3) is 0 Å². The Morgan fingerprint density at radius 3 is 2.68 bits per heavy atom. The highest BCUT2D eigenvalue weighted by Crippen LogP contribution is 2.27. The highest BCUT2D eigenvalue weighted by Gasteiger charge is 2.23. The van der Waals surface area contributed by atoms with Gasteiger partial charge in [0.05, 0.1) is 6.61 Å². The average Bonchev–Trinajstić information content (AvgIpc) is 3.37. The third-order valence-electron chi connectivity index (χ3n) is 3.60. The Kier molecular flexibility index (Phi) is 3.16. The van der Waals surface area contributed by atoms with E-state index in [1.54, 1.807) is 12.1 Å². The highest BCUT2D eigenvalue weighted by molar-refractivity contribution is 5.84. The topological polar surface area (TPSA) is 52.0 Å². The lowest BCUT2D eigenvalue weighted by atomic mass is 10.1. The summed E-state index contributed by atoms with van der Waals surface area (Å²) in [5.74, 6) is 1.10. The number of epoxide rings is 1. The summed E-state index contributed by atoms with van der Waals surface area (Å²) < 4.78 is 16.7. The standard InChI is InChI=1S/C18H14O4/c19-14-9-17(12-5-2-1-3-6-12)22-16-8-4-7-15(18(14)16)21-11-13-10-20-13/h1-9,13H,10-11H2. The maximum Gasteiger partial charge on any atom is 0.197 e. The summed E-state index contributed by atoms with van der Waals surface area (Å²) in [4.78, 5) is 12.5. The summed E-state index contributed by atoms with van der Waals surface area (Å²) in [6.07, 6.45) is 0.144. The average molecular weight is 294 g/mol. The lowest BCUT2D eigenvalue weighted by Gasteiger charge is -2.08. The van der Waals surface area contributed by atoms with E-state index in [9.17, 15) is 4.79 Å². The van der Waals surface area contributed by atoms with E-state index in [1.165, 1.54) is 6.07 Å². The zero-order chi connectivity index (χ0) is 14.9. The quantitative estimate of drug-likeness (QED) is 0.693. The van der Waals surface area contributed by atoms with E-state index in [0.29, 0.717) is 29.1 Å². The minimum absolute atomic E-state index is 0.104. The molecule has 0 N–H and O–H groups in total. The Bertz CT molecular complexity index is 863. The molecule has 1 aromatic heterocycles. The van der Waals surface area contributed by atoms with Gasteiger partial charge in [-0.3, -0.25) is 4.79 Å². The molecule has 4 nitrogen and oxygen atoms in total. The molecule has 0 radical (unpaired) electrons. The van der Waals surface area contributed by atoms with Gasteiger partial charge in [-0.1, -0.05) is 36.4 Å². The molecule has 110 valence electrons. The molecule has 0 bridgehead atoms. The molecule has 1 unspecified atom stereocenters. The predicted molar refractivity (Wildman–Crippen MR) is 83.2 cm³/mol. The second kappa shape index (κ2) is 5.31. The molecule has 3 aromatic rings. The van der Waals surface area contributed by atoms with Gasteiger partial charge in [-0.25, -0.2) is 0 Å². The molecule has 1 aliphatic heterocycles. The number of benzene rings is 2. The van der Waals surface area contributed by atoms with Crippen LogP contribution in [0.3, 0.4) is 0 Å². The van der Waals surface area contributed by atoms with E-state index < -0.39 is 0 Å².